The molecule has 0 aliphatic rings. The quantitative estimate of drug-likeness (QED) is 0.646. The van der Waals surface area contributed by atoms with Gasteiger partial charge in [-0.25, -0.2) is 22.0 Å². The molecule has 0 amide bonds. The van der Waals surface area contributed by atoms with Crippen LogP contribution >= 0.6 is 0 Å². The van der Waals surface area contributed by atoms with Gasteiger partial charge in [-0.1, -0.05) is 18.2 Å². The van der Waals surface area contributed by atoms with Crippen molar-refractivity contribution >= 4 is 20.8 Å². The topological polar surface area (TPSA) is 64.3 Å². The largest absolute Gasteiger partial charge is 0.423 e. The molecule has 4 nitrogen and oxygen atoms in total. The van der Waals surface area contributed by atoms with Gasteiger partial charge in [0.2, 0.25) is 0 Å². The van der Waals surface area contributed by atoms with Gasteiger partial charge in [0, 0.05) is 30.2 Å². The van der Waals surface area contributed by atoms with Crippen LogP contribution in [0.25, 0.3) is 11.0 Å². The molecule has 26 heavy (non-hydrogen) atoms. The molecule has 0 atom stereocenters. The molecule has 3 aromatic rings. The van der Waals surface area contributed by atoms with Crippen LogP contribution in [0.1, 0.15) is 23.6 Å². The summed E-state index contributed by atoms with van der Waals surface area (Å²) in [6.07, 6.45) is 1.55. The summed E-state index contributed by atoms with van der Waals surface area (Å²) in [5.41, 5.74) is 0.476. The lowest BCUT2D eigenvalue weighted by Gasteiger charge is -2.13. The fraction of sp³-hybridized carbons (Fsp3) is 0.211. The first-order chi connectivity index (χ1) is 12.0. The van der Waals surface area contributed by atoms with Crippen molar-refractivity contribution in [2.45, 2.75) is 24.2 Å². The molecular formula is C19H16F2O4S. The number of rotatable bonds is 4. The second kappa shape index (κ2) is 6.32. The fourth-order valence-electron chi connectivity index (χ4n) is 2.77. The Labute approximate surface area is 149 Å². The van der Waals surface area contributed by atoms with Crippen LogP contribution in [0.15, 0.2) is 62.6 Å². The van der Waals surface area contributed by atoms with Gasteiger partial charge < -0.3 is 4.42 Å². The molecule has 0 bridgehead atoms. The lowest BCUT2D eigenvalue weighted by Crippen LogP contribution is -2.12. The van der Waals surface area contributed by atoms with Crippen LogP contribution in [-0.2, 0) is 22.2 Å². The summed E-state index contributed by atoms with van der Waals surface area (Å²) < 4.78 is 55.7. The molecule has 0 spiro atoms. The minimum atomic E-state index is -3.27. The highest BCUT2D eigenvalue weighted by molar-refractivity contribution is 7.90. The van der Waals surface area contributed by atoms with Gasteiger partial charge in [-0.15, -0.1) is 0 Å². The summed E-state index contributed by atoms with van der Waals surface area (Å²) in [4.78, 5) is 11.7. The number of hydrogen-bond acceptors (Lipinski definition) is 4. The maximum Gasteiger partial charge on any atom is 0.336 e. The maximum atomic E-state index is 13.8. The number of sulfone groups is 1. The Morgan fingerprint density at radius 2 is 1.62 bits per heavy atom. The zero-order chi connectivity index (χ0) is 19.1. The van der Waals surface area contributed by atoms with E-state index in [0.717, 1.165) is 30.4 Å². The van der Waals surface area contributed by atoms with Crippen molar-refractivity contribution < 1.29 is 21.6 Å². The number of alkyl halides is 2. The van der Waals surface area contributed by atoms with Crippen molar-refractivity contribution in [1.82, 2.24) is 0 Å². The maximum absolute atomic E-state index is 13.8. The highest BCUT2D eigenvalue weighted by Crippen LogP contribution is 2.32. The van der Waals surface area contributed by atoms with Crippen LogP contribution in [0.5, 0.6) is 0 Å². The SMILES string of the molecule is CC(F)(F)c1cc(=O)oc2ccc(Cc3ccc(S(C)(=O)=O)cc3)cc12. The molecule has 136 valence electrons. The Morgan fingerprint density at radius 3 is 2.19 bits per heavy atom. The van der Waals surface area contributed by atoms with Gasteiger partial charge >= 0.3 is 5.63 Å². The Bertz CT molecular complexity index is 1120. The summed E-state index contributed by atoms with van der Waals surface area (Å²) in [6, 6.07) is 11.9. The summed E-state index contributed by atoms with van der Waals surface area (Å²) in [7, 11) is -3.27. The molecule has 0 saturated heterocycles. The van der Waals surface area contributed by atoms with Crippen LogP contribution in [0.3, 0.4) is 0 Å². The van der Waals surface area contributed by atoms with E-state index in [0.29, 0.717) is 6.42 Å². The molecule has 0 aliphatic heterocycles. The third-order valence-electron chi connectivity index (χ3n) is 4.04. The Kier molecular flexibility index (Phi) is 4.44. The van der Waals surface area contributed by atoms with Crippen LogP contribution in [0.2, 0.25) is 0 Å². The second-order valence-electron chi connectivity index (χ2n) is 6.29. The molecule has 0 aliphatic carbocycles. The van der Waals surface area contributed by atoms with Crippen LogP contribution < -0.4 is 5.63 Å². The van der Waals surface area contributed by atoms with Crippen LogP contribution in [0.4, 0.5) is 8.78 Å². The molecule has 1 heterocycles. The Balaban J connectivity index is 2.01. The molecule has 1 aromatic heterocycles. The first-order valence-corrected chi connectivity index (χ1v) is 9.67. The van der Waals surface area contributed by atoms with Crippen molar-refractivity contribution in [3.05, 3.63) is 75.6 Å². The lowest BCUT2D eigenvalue weighted by molar-refractivity contribution is 0.0186. The normalized spacial score (nSPS) is 12.5. The summed E-state index contributed by atoms with van der Waals surface area (Å²) in [5, 5.41) is 0.183. The molecule has 7 heteroatoms. The zero-order valence-electron chi connectivity index (χ0n) is 14.1. The van der Waals surface area contributed by atoms with Gasteiger partial charge in [0.15, 0.2) is 9.84 Å². The predicted octanol–water partition coefficient (Wildman–Crippen LogP) is 3.90. The van der Waals surface area contributed by atoms with E-state index in [1.54, 1.807) is 24.3 Å². The zero-order valence-corrected chi connectivity index (χ0v) is 14.9. The second-order valence-corrected chi connectivity index (χ2v) is 8.31. The van der Waals surface area contributed by atoms with Gasteiger partial charge in [0.1, 0.15) is 5.58 Å². The predicted molar refractivity (Wildman–Crippen MR) is 94.4 cm³/mol. The van der Waals surface area contributed by atoms with E-state index in [4.69, 9.17) is 4.42 Å². The molecule has 0 radical (unpaired) electrons. The molecule has 0 N–H and O–H groups in total. The number of hydrogen-bond donors (Lipinski definition) is 0. The van der Waals surface area contributed by atoms with E-state index in [2.05, 4.69) is 0 Å². The van der Waals surface area contributed by atoms with E-state index in [9.17, 15) is 22.0 Å². The summed E-state index contributed by atoms with van der Waals surface area (Å²) >= 11 is 0. The molecule has 2 aromatic carbocycles. The average Bonchev–Trinajstić information content (AvgIpc) is 2.53. The highest BCUT2D eigenvalue weighted by atomic mass is 32.2. The van der Waals surface area contributed by atoms with Gasteiger partial charge in [0.25, 0.3) is 5.92 Å². The van der Waals surface area contributed by atoms with Gasteiger partial charge in [-0.2, -0.15) is 0 Å². The van der Waals surface area contributed by atoms with E-state index in [-0.39, 0.29) is 21.4 Å². The average molecular weight is 378 g/mol. The molecular weight excluding hydrogens is 362 g/mol. The van der Waals surface area contributed by atoms with E-state index < -0.39 is 21.4 Å². The summed E-state index contributed by atoms with van der Waals surface area (Å²) in [5.74, 6) is -3.18. The van der Waals surface area contributed by atoms with Crippen LogP contribution in [0, 0.1) is 0 Å². The molecule has 0 saturated carbocycles. The van der Waals surface area contributed by atoms with Crippen molar-refractivity contribution in [3.63, 3.8) is 0 Å². The number of halogens is 2. The standard InChI is InChI=1S/C19H16F2O4S/c1-19(20,21)16-11-18(22)25-17-8-5-13(10-15(16)17)9-12-3-6-14(7-4-12)26(2,23)24/h3-8,10-11H,9H2,1-2H3. The first kappa shape index (κ1) is 18.3. The van der Waals surface area contributed by atoms with E-state index in [1.165, 1.54) is 18.2 Å². The van der Waals surface area contributed by atoms with Crippen LogP contribution in [-0.4, -0.2) is 14.7 Å². The van der Waals surface area contributed by atoms with Gasteiger partial charge in [-0.05, 0) is 41.8 Å². The first-order valence-electron chi connectivity index (χ1n) is 7.78. The molecule has 0 unspecified atom stereocenters. The fourth-order valence-corrected chi connectivity index (χ4v) is 3.40. The van der Waals surface area contributed by atoms with Crippen molar-refractivity contribution in [1.29, 1.82) is 0 Å². The highest BCUT2D eigenvalue weighted by Gasteiger charge is 2.28. The van der Waals surface area contributed by atoms with Crippen molar-refractivity contribution in [2.75, 3.05) is 6.26 Å². The number of fused-ring (bicyclic) bond motifs is 1. The lowest BCUT2D eigenvalue weighted by atomic mass is 9.99. The third-order valence-corrected chi connectivity index (χ3v) is 5.17. The monoisotopic (exact) mass is 378 g/mol. The minimum absolute atomic E-state index is 0.102. The van der Waals surface area contributed by atoms with E-state index >= 15 is 0 Å². The number of benzene rings is 2. The van der Waals surface area contributed by atoms with Gasteiger partial charge in [-0.3, -0.25) is 0 Å². The summed E-state index contributed by atoms with van der Waals surface area (Å²) in [6.45, 7) is 0.734. The van der Waals surface area contributed by atoms with Crippen molar-refractivity contribution in [3.8, 4) is 0 Å². The minimum Gasteiger partial charge on any atom is -0.423 e. The van der Waals surface area contributed by atoms with Crippen molar-refractivity contribution in [2.24, 2.45) is 0 Å². The molecule has 3 rings (SSSR count). The Morgan fingerprint density at radius 1 is 1.00 bits per heavy atom. The molecule has 0 fully saturated rings. The Hall–Kier alpha value is -2.54. The smallest absolute Gasteiger partial charge is 0.336 e. The third kappa shape index (κ3) is 3.83. The van der Waals surface area contributed by atoms with Gasteiger partial charge in [0.05, 0.1) is 4.90 Å². The van der Waals surface area contributed by atoms with E-state index in [1.807, 2.05) is 0 Å².